The summed E-state index contributed by atoms with van der Waals surface area (Å²) in [5, 5.41) is 7.20. The van der Waals surface area contributed by atoms with Gasteiger partial charge in [-0.25, -0.2) is 9.37 Å². The molecular formula is C14H19FN4O. The molecule has 0 aliphatic rings. The third-order valence-corrected chi connectivity index (χ3v) is 2.94. The van der Waals surface area contributed by atoms with Gasteiger partial charge in [-0.1, -0.05) is 19.1 Å². The average Bonchev–Trinajstić information content (AvgIpc) is 2.84. The molecule has 0 fully saturated rings. The summed E-state index contributed by atoms with van der Waals surface area (Å²) >= 11 is 0. The minimum absolute atomic E-state index is 0.193. The lowest BCUT2D eigenvalue weighted by atomic mass is 10.2. The van der Waals surface area contributed by atoms with Gasteiger partial charge < -0.3 is 10.1 Å². The van der Waals surface area contributed by atoms with Gasteiger partial charge >= 0.3 is 0 Å². The summed E-state index contributed by atoms with van der Waals surface area (Å²) in [7, 11) is 1.77. The van der Waals surface area contributed by atoms with E-state index in [1.807, 2.05) is 6.07 Å². The number of nitrogens with one attached hydrogen (secondary N) is 1. The highest BCUT2D eigenvalue weighted by Gasteiger charge is 2.11. The van der Waals surface area contributed by atoms with E-state index >= 15 is 0 Å². The zero-order chi connectivity index (χ0) is 14.4. The first-order valence-corrected chi connectivity index (χ1v) is 6.66. The normalized spacial score (nSPS) is 10.8. The fourth-order valence-electron chi connectivity index (χ4n) is 1.84. The third-order valence-electron chi connectivity index (χ3n) is 2.94. The maximum Gasteiger partial charge on any atom is 0.165 e. The predicted molar refractivity (Wildman–Crippen MR) is 73.7 cm³/mol. The molecule has 0 unspecified atom stereocenters. The molecule has 108 valence electrons. The first-order valence-electron chi connectivity index (χ1n) is 6.66. The van der Waals surface area contributed by atoms with Crippen LogP contribution in [0.15, 0.2) is 24.5 Å². The van der Waals surface area contributed by atoms with Crippen molar-refractivity contribution in [3.8, 4) is 5.75 Å². The van der Waals surface area contributed by atoms with Gasteiger partial charge in [0.2, 0.25) is 0 Å². The second-order valence-corrected chi connectivity index (χ2v) is 4.49. The van der Waals surface area contributed by atoms with Crippen LogP contribution in [0.2, 0.25) is 0 Å². The molecule has 1 heterocycles. The Morgan fingerprint density at radius 1 is 1.40 bits per heavy atom. The predicted octanol–water partition coefficient (Wildman–Crippen LogP) is 2.03. The number of para-hydroxylation sites is 1. The molecular weight excluding hydrogens is 259 g/mol. The first-order chi connectivity index (χ1) is 9.72. The molecule has 1 N–H and O–H groups in total. The smallest absolute Gasteiger partial charge is 0.165 e. The summed E-state index contributed by atoms with van der Waals surface area (Å²) in [4.78, 5) is 4.05. The second kappa shape index (κ2) is 7.00. The van der Waals surface area contributed by atoms with Gasteiger partial charge in [0, 0.05) is 19.2 Å². The Kier molecular flexibility index (Phi) is 5.06. The van der Waals surface area contributed by atoms with Crippen LogP contribution in [0.3, 0.4) is 0 Å². The second-order valence-electron chi connectivity index (χ2n) is 4.49. The Hall–Kier alpha value is -1.95. The van der Waals surface area contributed by atoms with Crippen LogP contribution < -0.4 is 10.1 Å². The third kappa shape index (κ3) is 3.54. The number of rotatable bonds is 7. The van der Waals surface area contributed by atoms with Crippen LogP contribution in [0.4, 0.5) is 4.39 Å². The van der Waals surface area contributed by atoms with Gasteiger partial charge in [0.1, 0.15) is 12.9 Å². The van der Waals surface area contributed by atoms with Crippen molar-refractivity contribution in [2.75, 3.05) is 6.54 Å². The van der Waals surface area contributed by atoms with Crippen molar-refractivity contribution in [3.63, 3.8) is 0 Å². The number of ether oxygens (including phenoxy) is 1. The highest BCUT2D eigenvalue weighted by atomic mass is 19.1. The minimum atomic E-state index is -0.358. The fourth-order valence-corrected chi connectivity index (χ4v) is 1.84. The zero-order valence-corrected chi connectivity index (χ0v) is 11.8. The summed E-state index contributed by atoms with van der Waals surface area (Å²) in [6, 6.07) is 4.94. The van der Waals surface area contributed by atoms with Crippen molar-refractivity contribution < 1.29 is 9.13 Å². The Morgan fingerprint density at radius 2 is 2.25 bits per heavy atom. The first kappa shape index (κ1) is 14.5. The van der Waals surface area contributed by atoms with Crippen molar-refractivity contribution >= 4 is 0 Å². The summed E-state index contributed by atoms with van der Waals surface area (Å²) in [6.07, 6.45) is 2.48. The van der Waals surface area contributed by atoms with Crippen molar-refractivity contribution in [2.45, 2.75) is 26.5 Å². The van der Waals surface area contributed by atoms with Crippen LogP contribution in [0.1, 0.15) is 24.7 Å². The average molecular weight is 278 g/mol. The molecule has 0 saturated carbocycles. The molecule has 6 heteroatoms. The number of hydrogen-bond donors (Lipinski definition) is 1. The van der Waals surface area contributed by atoms with E-state index in [1.54, 1.807) is 17.8 Å². The Labute approximate surface area is 117 Å². The van der Waals surface area contributed by atoms with Gasteiger partial charge in [-0.05, 0) is 19.0 Å². The van der Waals surface area contributed by atoms with E-state index in [2.05, 4.69) is 22.3 Å². The van der Waals surface area contributed by atoms with Crippen LogP contribution in [0, 0.1) is 5.82 Å². The maximum absolute atomic E-state index is 13.9. The van der Waals surface area contributed by atoms with E-state index in [-0.39, 0.29) is 18.2 Å². The molecule has 1 aromatic heterocycles. The molecule has 0 radical (unpaired) electrons. The molecule has 0 bridgehead atoms. The number of hydrogen-bond acceptors (Lipinski definition) is 4. The molecule has 2 rings (SSSR count). The van der Waals surface area contributed by atoms with Crippen LogP contribution in [-0.2, 0) is 20.2 Å². The SMILES string of the molecule is CCCNCc1cccc(F)c1OCc1ncnn1C. The lowest BCUT2D eigenvalue weighted by Crippen LogP contribution is -2.15. The molecule has 2 aromatic rings. The number of halogens is 1. The van der Waals surface area contributed by atoms with Gasteiger partial charge in [0.05, 0.1) is 0 Å². The van der Waals surface area contributed by atoms with E-state index in [4.69, 9.17) is 4.74 Å². The van der Waals surface area contributed by atoms with Gasteiger partial charge in [0.25, 0.3) is 0 Å². The van der Waals surface area contributed by atoms with Gasteiger partial charge in [0.15, 0.2) is 17.4 Å². The summed E-state index contributed by atoms with van der Waals surface area (Å²) in [5.74, 6) is 0.572. The number of benzene rings is 1. The summed E-state index contributed by atoms with van der Waals surface area (Å²) < 4.78 is 21.1. The molecule has 0 amide bonds. The lowest BCUT2D eigenvalue weighted by Gasteiger charge is -2.12. The molecule has 20 heavy (non-hydrogen) atoms. The number of aryl methyl sites for hydroxylation is 1. The largest absolute Gasteiger partial charge is 0.482 e. The van der Waals surface area contributed by atoms with Crippen molar-refractivity contribution in [1.29, 1.82) is 0 Å². The number of nitrogens with zero attached hydrogens (tertiary/aromatic N) is 3. The van der Waals surface area contributed by atoms with Crippen molar-refractivity contribution in [2.24, 2.45) is 7.05 Å². The van der Waals surface area contributed by atoms with E-state index < -0.39 is 0 Å². The molecule has 0 spiro atoms. The molecule has 0 aliphatic heterocycles. The highest BCUT2D eigenvalue weighted by molar-refractivity contribution is 5.35. The summed E-state index contributed by atoms with van der Waals surface area (Å²) in [5.41, 5.74) is 0.806. The maximum atomic E-state index is 13.9. The van der Waals surface area contributed by atoms with E-state index in [0.29, 0.717) is 12.4 Å². The van der Waals surface area contributed by atoms with Crippen LogP contribution in [0.5, 0.6) is 5.75 Å². The van der Waals surface area contributed by atoms with Gasteiger partial charge in [-0.15, -0.1) is 0 Å². The molecule has 0 atom stereocenters. The molecule has 1 aromatic carbocycles. The van der Waals surface area contributed by atoms with Gasteiger partial charge in [-0.3, -0.25) is 4.68 Å². The highest BCUT2D eigenvalue weighted by Crippen LogP contribution is 2.23. The topological polar surface area (TPSA) is 52.0 Å². The van der Waals surface area contributed by atoms with Crippen LogP contribution >= 0.6 is 0 Å². The van der Waals surface area contributed by atoms with E-state index in [9.17, 15) is 4.39 Å². The molecule has 0 saturated heterocycles. The summed E-state index contributed by atoms with van der Waals surface area (Å²) in [6.45, 7) is 3.75. The minimum Gasteiger partial charge on any atom is -0.482 e. The molecule has 0 aliphatic carbocycles. The lowest BCUT2D eigenvalue weighted by molar-refractivity contribution is 0.272. The van der Waals surface area contributed by atoms with Crippen molar-refractivity contribution in [3.05, 3.63) is 41.7 Å². The van der Waals surface area contributed by atoms with Crippen LogP contribution in [-0.4, -0.2) is 21.3 Å². The zero-order valence-electron chi connectivity index (χ0n) is 11.8. The Bertz CT molecular complexity index is 556. The number of aromatic nitrogens is 3. The fraction of sp³-hybridized carbons (Fsp3) is 0.429. The van der Waals surface area contributed by atoms with Crippen LogP contribution in [0.25, 0.3) is 0 Å². The quantitative estimate of drug-likeness (QED) is 0.787. The van der Waals surface area contributed by atoms with E-state index in [1.165, 1.54) is 12.4 Å². The Balaban J connectivity index is 2.07. The van der Waals surface area contributed by atoms with Crippen molar-refractivity contribution in [1.82, 2.24) is 20.1 Å². The van der Waals surface area contributed by atoms with Gasteiger partial charge in [-0.2, -0.15) is 5.10 Å². The Morgan fingerprint density at radius 3 is 2.95 bits per heavy atom. The van der Waals surface area contributed by atoms with E-state index in [0.717, 1.165) is 18.5 Å². The molecule has 5 nitrogen and oxygen atoms in total. The monoisotopic (exact) mass is 278 g/mol. The standard InChI is InChI=1S/C14H19FN4O/c1-3-7-16-8-11-5-4-6-12(15)14(11)20-9-13-17-10-18-19(13)2/h4-6,10,16H,3,7-9H2,1-2H3.